The van der Waals surface area contributed by atoms with Crippen LogP contribution in [-0.4, -0.2) is 96.5 Å². The number of aromatic nitrogens is 5. The zero-order chi connectivity index (χ0) is 44.2. The molecule has 64 heavy (non-hydrogen) atoms. The van der Waals surface area contributed by atoms with Crippen LogP contribution in [0.4, 0.5) is 17.3 Å². The summed E-state index contributed by atoms with van der Waals surface area (Å²) in [6, 6.07) is 13.5. The van der Waals surface area contributed by atoms with Crippen molar-refractivity contribution in [2.45, 2.75) is 108 Å². The number of nitrogens with zero attached hydrogens (tertiary/aromatic N) is 8. The molecule has 5 aliphatic rings. The third kappa shape index (κ3) is 8.04. The Morgan fingerprint density at radius 2 is 1.62 bits per heavy atom. The number of imidazole rings is 1. The molecule has 6 heterocycles. The number of hydrogen-bond donors (Lipinski definition) is 2. The molecular formula is C48H57ClN10O5. The summed E-state index contributed by atoms with van der Waals surface area (Å²) in [6.45, 7) is 7.04. The van der Waals surface area contributed by atoms with Gasteiger partial charge in [-0.25, -0.2) is 9.78 Å². The first-order valence-electron chi connectivity index (χ1n) is 23.3. The molecular weight excluding hydrogens is 832 g/mol. The van der Waals surface area contributed by atoms with Crippen molar-refractivity contribution in [2.24, 2.45) is 13.0 Å². The van der Waals surface area contributed by atoms with Crippen LogP contribution in [-0.2, 0) is 21.4 Å². The van der Waals surface area contributed by atoms with Crippen molar-refractivity contribution in [1.82, 2.24) is 38.8 Å². The van der Waals surface area contributed by atoms with Gasteiger partial charge in [0.1, 0.15) is 16.7 Å². The molecule has 3 saturated heterocycles. The van der Waals surface area contributed by atoms with Crippen molar-refractivity contribution in [3.63, 3.8) is 0 Å². The highest BCUT2D eigenvalue weighted by atomic mass is 35.5. The molecule has 0 radical (unpaired) electrons. The molecule has 10 rings (SSSR count). The first-order valence-corrected chi connectivity index (χ1v) is 23.6. The molecule has 2 N–H and O–H groups in total. The Hall–Kier alpha value is -5.38. The number of imide groups is 1. The van der Waals surface area contributed by atoms with Crippen LogP contribution in [0.15, 0.2) is 58.3 Å². The Balaban J connectivity index is 0.711. The van der Waals surface area contributed by atoms with E-state index in [-0.39, 0.29) is 40.5 Å². The summed E-state index contributed by atoms with van der Waals surface area (Å²) in [5.74, 6) is 0.795. The number of carbonyl (C=O) groups excluding carboxylic acids is 3. The van der Waals surface area contributed by atoms with Gasteiger partial charge in [-0.15, -0.1) is 0 Å². The van der Waals surface area contributed by atoms with E-state index in [4.69, 9.17) is 16.6 Å². The van der Waals surface area contributed by atoms with Gasteiger partial charge in [0.25, 0.3) is 5.56 Å². The Bertz CT molecular complexity index is 2760. The summed E-state index contributed by atoms with van der Waals surface area (Å²) in [4.78, 5) is 81.1. The third-order valence-corrected chi connectivity index (χ3v) is 15.2. The number of amides is 3. The van der Waals surface area contributed by atoms with Crippen LogP contribution in [0.2, 0.25) is 5.02 Å². The standard InChI is InChI=1S/C48H57ClN10O5/c1-29-24-35(14-15-38(29)51-47-50-26-32-25-37(49)46(63)58(44(32)53-47)34-6-3-4-7-34)57-23-22-56(28-42(57)61)33-12-10-30(11-13-33)27-55-20-18-31(19-21-55)36-8-5-9-39-43(36)54(2)48(64)59(39)40-16-17-41(60)52-45(40)62/h5,8-9,14-15,24-26,30-31,33-34,40H,3-4,6-7,10-13,16-23,27-28H2,1-2H3,(H,50,51,53)(H,52,60,62)/t30-,33-,40?. The molecule has 0 bridgehead atoms. The molecule has 3 aliphatic heterocycles. The first-order chi connectivity index (χ1) is 31.0. The van der Waals surface area contributed by atoms with Crippen LogP contribution < -0.4 is 26.8 Å². The number of halogens is 1. The fourth-order valence-corrected chi connectivity index (χ4v) is 11.7. The van der Waals surface area contributed by atoms with Crippen LogP contribution in [0.3, 0.4) is 0 Å². The van der Waals surface area contributed by atoms with E-state index >= 15 is 0 Å². The topological polar surface area (TPSA) is 160 Å². The molecule has 1 atom stereocenters. The van der Waals surface area contributed by atoms with E-state index in [0.29, 0.717) is 49.0 Å². The van der Waals surface area contributed by atoms with Crippen molar-refractivity contribution in [3.05, 3.63) is 85.6 Å². The number of piperidine rings is 2. The smallest absolute Gasteiger partial charge is 0.324 e. The van der Waals surface area contributed by atoms with E-state index < -0.39 is 11.9 Å². The zero-order valence-corrected chi connectivity index (χ0v) is 37.5. The lowest BCUT2D eigenvalue weighted by Gasteiger charge is -2.42. The second-order valence-corrected chi connectivity index (χ2v) is 19.3. The number of fused-ring (bicyclic) bond motifs is 2. The number of aryl methyl sites for hydroxylation is 2. The normalized spacial score (nSPS) is 23.4. The lowest BCUT2D eigenvalue weighted by atomic mass is 9.83. The molecule has 3 amide bonds. The van der Waals surface area contributed by atoms with Gasteiger partial charge in [-0.1, -0.05) is 36.6 Å². The van der Waals surface area contributed by atoms with Crippen LogP contribution in [0.1, 0.15) is 106 Å². The van der Waals surface area contributed by atoms with Crippen LogP contribution in [0.25, 0.3) is 22.1 Å². The van der Waals surface area contributed by atoms with Crippen LogP contribution >= 0.6 is 11.6 Å². The lowest BCUT2D eigenvalue weighted by Crippen LogP contribution is -2.54. The minimum Gasteiger partial charge on any atom is -0.324 e. The molecule has 1 unspecified atom stereocenters. The summed E-state index contributed by atoms with van der Waals surface area (Å²) >= 11 is 6.33. The quantitative estimate of drug-likeness (QED) is 0.160. The highest BCUT2D eigenvalue weighted by Crippen LogP contribution is 2.37. The average molecular weight is 890 g/mol. The van der Waals surface area contributed by atoms with Crippen LogP contribution in [0.5, 0.6) is 0 Å². The van der Waals surface area contributed by atoms with Crippen LogP contribution in [0, 0.1) is 12.8 Å². The fourth-order valence-electron chi connectivity index (χ4n) is 11.5. The highest BCUT2D eigenvalue weighted by molar-refractivity contribution is 6.31. The van der Waals surface area contributed by atoms with Crippen molar-refractivity contribution in [3.8, 4) is 0 Å². The van der Waals surface area contributed by atoms with Crippen molar-refractivity contribution in [1.29, 1.82) is 0 Å². The Morgan fingerprint density at radius 1 is 0.844 bits per heavy atom. The lowest BCUT2D eigenvalue weighted by molar-refractivity contribution is -0.135. The summed E-state index contributed by atoms with van der Waals surface area (Å²) in [5, 5.41) is 6.68. The predicted molar refractivity (Wildman–Crippen MR) is 247 cm³/mol. The summed E-state index contributed by atoms with van der Waals surface area (Å²) in [6.07, 6.45) is 12.8. The number of anilines is 3. The van der Waals surface area contributed by atoms with Gasteiger partial charge in [0.15, 0.2) is 0 Å². The monoisotopic (exact) mass is 888 g/mol. The third-order valence-electron chi connectivity index (χ3n) is 15.0. The minimum absolute atomic E-state index is 0.0820. The van der Waals surface area contributed by atoms with Crippen molar-refractivity contribution >= 4 is 68.7 Å². The number of para-hydroxylation sites is 1. The summed E-state index contributed by atoms with van der Waals surface area (Å²) < 4.78 is 5.02. The second-order valence-electron chi connectivity index (χ2n) is 18.9. The summed E-state index contributed by atoms with van der Waals surface area (Å²) in [7, 11) is 1.79. The minimum atomic E-state index is -0.685. The van der Waals surface area contributed by atoms with E-state index in [1.807, 2.05) is 42.2 Å². The maximum absolute atomic E-state index is 13.7. The van der Waals surface area contributed by atoms with E-state index in [9.17, 15) is 24.0 Å². The Labute approximate surface area is 376 Å². The fraction of sp³-hybridized carbons (Fsp3) is 0.521. The molecule has 5 aromatic rings. The van der Waals surface area contributed by atoms with E-state index in [1.54, 1.807) is 33.0 Å². The van der Waals surface area contributed by atoms with Gasteiger partial charge < -0.3 is 15.1 Å². The average Bonchev–Trinajstić information content (AvgIpc) is 3.91. The number of carbonyl (C=O) groups is 3. The highest BCUT2D eigenvalue weighted by Gasteiger charge is 2.35. The van der Waals surface area contributed by atoms with E-state index in [1.165, 1.54) is 0 Å². The number of piperazine rings is 1. The number of pyridine rings is 1. The van der Waals surface area contributed by atoms with Gasteiger partial charge >= 0.3 is 5.69 Å². The molecule has 2 saturated carbocycles. The molecule has 336 valence electrons. The van der Waals surface area contributed by atoms with Gasteiger partial charge in [-0.2, -0.15) is 4.98 Å². The Morgan fingerprint density at radius 3 is 2.36 bits per heavy atom. The number of rotatable bonds is 9. The van der Waals surface area contributed by atoms with E-state index in [0.717, 1.165) is 129 Å². The number of benzene rings is 2. The van der Waals surface area contributed by atoms with Gasteiger partial charge in [0, 0.05) is 68.1 Å². The van der Waals surface area contributed by atoms with E-state index in [2.05, 4.69) is 31.5 Å². The predicted octanol–water partition coefficient (Wildman–Crippen LogP) is 6.33. The molecule has 2 aliphatic carbocycles. The Kier molecular flexibility index (Phi) is 11.7. The number of likely N-dealkylation sites (tertiary alicyclic amines) is 1. The number of nitrogens with one attached hydrogen (secondary N) is 2. The molecule has 3 aromatic heterocycles. The SMILES string of the molecule is Cc1cc(N2CCN([C@H]3CC[C@H](CN4CCC(c5cccc6c5n(C)c(=O)n6C5CCC(=O)NC5=O)CC4)CC3)CC2=O)ccc1Nc1ncc2cc(Cl)c(=O)n(C3CCCC3)c2n1. The molecule has 0 spiro atoms. The molecule has 5 fully saturated rings. The van der Waals surface area contributed by atoms with Gasteiger partial charge in [0.05, 0.1) is 17.6 Å². The number of hydrogen-bond acceptors (Lipinski definition) is 10. The maximum atomic E-state index is 13.7. The zero-order valence-electron chi connectivity index (χ0n) is 36.7. The van der Waals surface area contributed by atoms with Gasteiger partial charge in [0.2, 0.25) is 23.7 Å². The van der Waals surface area contributed by atoms with Gasteiger partial charge in [-0.3, -0.25) is 43.1 Å². The molecule has 16 heteroatoms. The van der Waals surface area contributed by atoms with Crippen molar-refractivity contribution < 1.29 is 14.4 Å². The summed E-state index contributed by atoms with van der Waals surface area (Å²) in [5.41, 5.74) is 5.66. The molecule has 2 aromatic carbocycles. The largest absolute Gasteiger partial charge is 0.329 e. The maximum Gasteiger partial charge on any atom is 0.329 e. The molecule has 15 nitrogen and oxygen atoms in total. The first kappa shape index (κ1) is 42.6. The van der Waals surface area contributed by atoms with Crippen molar-refractivity contribution in [2.75, 3.05) is 49.5 Å². The van der Waals surface area contributed by atoms with Gasteiger partial charge in [-0.05, 0) is 131 Å². The second kappa shape index (κ2) is 17.5.